The highest BCUT2D eigenvalue weighted by molar-refractivity contribution is 5.94. The Kier molecular flexibility index (Phi) is 4.20. The molecule has 1 heterocycles. The van der Waals surface area contributed by atoms with E-state index < -0.39 is 5.97 Å². The van der Waals surface area contributed by atoms with Gasteiger partial charge in [0.2, 0.25) is 0 Å². The minimum atomic E-state index is -0.885. The van der Waals surface area contributed by atoms with E-state index in [0.717, 1.165) is 13.0 Å². The lowest BCUT2D eigenvalue weighted by Crippen LogP contribution is -2.29. The molecule has 0 bridgehead atoms. The van der Waals surface area contributed by atoms with E-state index >= 15 is 0 Å². The molecule has 0 amide bonds. The largest absolute Gasteiger partial charge is 0.478 e. The van der Waals surface area contributed by atoms with Crippen LogP contribution < -0.4 is 10.6 Å². The first-order chi connectivity index (χ1) is 8.66. The SMILES string of the molecule is CC(CC1CCCN1)Nc1ccccc1C(=O)O. The first-order valence-corrected chi connectivity index (χ1v) is 6.49. The number of benzene rings is 1. The fourth-order valence-electron chi connectivity index (χ4n) is 2.50. The summed E-state index contributed by atoms with van der Waals surface area (Å²) in [5.74, 6) is -0.885. The van der Waals surface area contributed by atoms with Gasteiger partial charge in [-0.1, -0.05) is 12.1 Å². The second kappa shape index (κ2) is 5.87. The van der Waals surface area contributed by atoms with Gasteiger partial charge in [0.05, 0.1) is 5.56 Å². The van der Waals surface area contributed by atoms with Gasteiger partial charge in [0.1, 0.15) is 0 Å². The number of hydrogen-bond donors (Lipinski definition) is 3. The summed E-state index contributed by atoms with van der Waals surface area (Å²) in [6, 6.07) is 7.88. The van der Waals surface area contributed by atoms with Crippen molar-refractivity contribution >= 4 is 11.7 Å². The highest BCUT2D eigenvalue weighted by Crippen LogP contribution is 2.18. The summed E-state index contributed by atoms with van der Waals surface area (Å²) in [4.78, 5) is 11.1. The van der Waals surface area contributed by atoms with Gasteiger partial charge in [-0.25, -0.2) is 4.79 Å². The summed E-state index contributed by atoms with van der Waals surface area (Å²) in [5, 5.41) is 15.9. The second-order valence-electron chi connectivity index (χ2n) is 4.93. The van der Waals surface area contributed by atoms with E-state index in [-0.39, 0.29) is 6.04 Å². The third-order valence-corrected chi connectivity index (χ3v) is 3.36. The summed E-state index contributed by atoms with van der Waals surface area (Å²) in [7, 11) is 0. The first-order valence-electron chi connectivity index (χ1n) is 6.49. The molecule has 0 aromatic heterocycles. The molecule has 0 aliphatic carbocycles. The lowest BCUT2D eigenvalue weighted by atomic mass is 10.1. The Morgan fingerprint density at radius 2 is 2.33 bits per heavy atom. The van der Waals surface area contributed by atoms with Crippen molar-refractivity contribution in [3.05, 3.63) is 29.8 Å². The molecule has 1 aromatic rings. The minimum absolute atomic E-state index is 0.265. The van der Waals surface area contributed by atoms with E-state index in [4.69, 9.17) is 5.11 Å². The number of anilines is 1. The molecule has 1 aromatic carbocycles. The van der Waals surface area contributed by atoms with Gasteiger partial charge in [0.15, 0.2) is 0 Å². The smallest absolute Gasteiger partial charge is 0.337 e. The van der Waals surface area contributed by atoms with E-state index in [2.05, 4.69) is 17.6 Å². The van der Waals surface area contributed by atoms with Gasteiger partial charge in [0, 0.05) is 17.8 Å². The van der Waals surface area contributed by atoms with Gasteiger partial charge in [-0.15, -0.1) is 0 Å². The molecule has 4 nitrogen and oxygen atoms in total. The maximum Gasteiger partial charge on any atom is 0.337 e. The van der Waals surface area contributed by atoms with Gasteiger partial charge < -0.3 is 15.7 Å². The highest BCUT2D eigenvalue weighted by atomic mass is 16.4. The number of rotatable bonds is 5. The normalized spacial score (nSPS) is 20.6. The average Bonchev–Trinajstić information content (AvgIpc) is 2.82. The van der Waals surface area contributed by atoms with E-state index in [9.17, 15) is 4.79 Å². The molecular weight excluding hydrogens is 228 g/mol. The van der Waals surface area contributed by atoms with Gasteiger partial charge in [-0.3, -0.25) is 0 Å². The molecule has 2 atom stereocenters. The molecule has 4 heteroatoms. The quantitative estimate of drug-likeness (QED) is 0.748. The number of para-hydroxylation sites is 1. The molecule has 1 aliphatic rings. The molecule has 18 heavy (non-hydrogen) atoms. The van der Waals surface area contributed by atoms with Crippen LogP contribution in [0, 0.1) is 0 Å². The van der Waals surface area contributed by atoms with Crippen LogP contribution in [-0.4, -0.2) is 29.7 Å². The summed E-state index contributed by atoms with van der Waals surface area (Å²) < 4.78 is 0. The van der Waals surface area contributed by atoms with Crippen LogP contribution in [0.3, 0.4) is 0 Å². The predicted octanol–water partition coefficient (Wildman–Crippen LogP) is 2.33. The molecule has 0 spiro atoms. The van der Waals surface area contributed by atoms with Crippen LogP contribution in [0.4, 0.5) is 5.69 Å². The lowest BCUT2D eigenvalue weighted by Gasteiger charge is -2.20. The Bertz CT molecular complexity index is 414. The van der Waals surface area contributed by atoms with Crippen molar-refractivity contribution in [1.82, 2.24) is 5.32 Å². The summed E-state index contributed by atoms with van der Waals surface area (Å²) in [5.41, 5.74) is 1.04. The van der Waals surface area contributed by atoms with E-state index in [1.807, 2.05) is 12.1 Å². The third kappa shape index (κ3) is 3.23. The van der Waals surface area contributed by atoms with Crippen LogP contribution in [0.5, 0.6) is 0 Å². The van der Waals surface area contributed by atoms with Gasteiger partial charge >= 0.3 is 5.97 Å². The molecule has 0 radical (unpaired) electrons. The predicted molar refractivity (Wildman–Crippen MR) is 72.1 cm³/mol. The maximum absolute atomic E-state index is 11.1. The zero-order valence-electron chi connectivity index (χ0n) is 10.6. The fourth-order valence-corrected chi connectivity index (χ4v) is 2.50. The topological polar surface area (TPSA) is 61.4 Å². The standard InChI is InChI=1S/C14H20N2O2/c1-10(9-11-5-4-8-15-11)16-13-7-3-2-6-12(13)14(17)18/h2-3,6-7,10-11,15-16H,4-5,8-9H2,1H3,(H,17,18). The van der Waals surface area contributed by atoms with Crippen molar-refractivity contribution in [1.29, 1.82) is 0 Å². The van der Waals surface area contributed by atoms with Crippen LogP contribution in [-0.2, 0) is 0 Å². The van der Waals surface area contributed by atoms with Crippen molar-refractivity contribution in [2.45, 2.75) is 38.3 Å². The van der Waals surface area contributed by atoms with Crippen molar-refractivity contribution in [2.75, 3.05) is 11.9 Å². The zero-order valence-corrected chi connectivity index (χ0v) is 10.6. The third-order valence-electron chi connectivity index (χ3n) is 3.36. The fraction of sp³-hybridized carbons (Fsp3) is 0.500. The molecule has 1 saturated heterocycles. The Hall–Kier alpha value is -1.55. The molecule has 1 fully saturated rings. The molecule has 1 aliphatic heterocycles. The van der Waals surface area contributed by atoms with Crippen molar-refractivity contribution in [2.24, 2.45) is 0 Å². The Morgan fingerprint density at radius 3 is 3.00 bits per heavy atom. The molecular formula is C14H20N2O2. The Labute approximate surface area is 107 Å². The molecule has 0 saturated carbocycles. The van der Waals surface area contributed by atoms with Crippen LogP contribution in [0.25, 0.3) is 0 Å². The highest BCUT2D eigenvalue weighted by Gasteiger charge is 2.18. The molecule has 98 valence electrons. The summed E-state index contributed by atoms with van der Waals surface area (Å²) in [6.45, 7) is 3.20. The first kappa shape index (κ1) is 12.9. The summed E-state index contributed by atoms with van der Waals surface area (Å²) in [6.07, 6.45) is 3.48. The van der Waals surface area contributed by atoms with Gasteiger partial charge in [0.25, 0.3) is 0 Å². The lowest BCUT2D eigenvalue weighted by molar-refractivity contribution is 0.0698. The zero-order chi connectivity index (χ0) is 13.0. The summed E-state index contributed by atoms with van der Waals surface area (Å²) >= 11 is 0. The molecule has 2 rings (SSSR count). The Balaban J connectivity index is 1.97. The second-order valence-corrected chi connectivity index (χ2v) is 4.93. The minimum Gasteiger partial charge on any atom is -0.478 e. The van der Waals surface area contributed by atoms with Gasteiger partial charge in [-0.05, 0) is 44.9 Å². The number of aromatic carboxylic acids is 1. The van der Waals surface area contributed by atoms with Crippen molar-refractivity contribution in [3.63, 3.8) is 0 Å². The average molecular weight is 248 g/mol. The number of hydrogen-bond acceptors (Lipinski definition) is 3. The molecule has 2 unspecified atom stereocenters. The maximum atomic E-state index is 11.1. The van der Waals surface area contributed by atoms with Crippen LogP contribution in [0.15, 0.2) is 24.3 Å². The van der Waals surface area contributed by atoms with Crippen LogP contribution in [0.1, 0.15) is 36.5 Å². The number of nitrogens with one attached hydrogen (secondary N) is 2. The van der Waals surface area contributed by atoms with E-state index in [1.165, 1.54) is 12.8 Å². The number of carbonyl (C=O) groups is 1. The van der Waals surface area contributed by atoms with Gasteiger partial charge in [-0.2, -0.15) is 0 Å². The van der Waals surface area contributed by atoms with Crippen LogP contribution in [0.2, 0.25) is 0 Å². The van der Waals surface area contributed by atoms with Crippen molar-refractivity contribution in [3.8, 4) is 0 Å². The van der Waals surface area contributed by atoms with E-state index in [0.29, 0.717) is 17.3 Å². The molecule has 3 N–H and O–H groups in total. The number of carboxylic acids is 1. The van der Waals surface area contributed by atoms with E-state index in [1.54, 1.807) is 12.1 Å². The van der Waals surface area contributed by atoms with Crippen molar-refractivity contribution < 1.29 is 9.90 Å². The monoisotopic (exact) mass is 248 g/mol. The Morgan fingerprint density at radius 1 is 1.56 bits per heavy atom. The van der Waals surface area contributed by atoms with Crippen LogP contribution >= 0.6 is 0 Å². The number of carboxylic acid groups (broad SMARTS) is 1.